The van der Waals surface area contributed by atoms with Crippen molar-refractivity contribution >= 4 is 5.97 Å². The van der Waals surface area contributed by atoms with E-state index in [0.29, 0.717) is 11.3 Å². The number of esters is 1. The number of benzene rings is 1. The first-order valence-corrected chi connectivity index (χ1v) is 3.76. The van der Waals surface area contributed by atoms with Crippen molar-refractivity contribution in [3.8, 4) is 5.75 Å². The van der Waals surface area contributed by atoms with Crippen LogP contribution in [0.25, 0.3) is 0 Å². The summed E-state index contributed by atoms with van der Waals surface area (Å²) in [6.45, 7) is 5.04. The minimum atomic E-state index is -0.465. The average molecular weight is 178 g/mol. The van der Waals surface area contributed by atoms with Crippen molar-refractivity contribution in [3.05, 3.63) is 42.2 Å². The maximum atomic E-state index is 11.2. The molecule has 0 aliphatic rings. The second-order valence-corrected chi connectivity index (χ2v) is 2.64. The molecule has 0 amide bonds. The van der Waals surface area contributed by atoms with Gasteiger partial charge in [-0.15, -0.1) is 0 Å². The summed E-state index contributed by atoms with van der Waals surface area (Å²) in [7, 11) is 0. The molecule has 1 N–H and O–H groups in total. The van der Waals surface area contributed by atoms with Gasteiger partial charge in [-0.1, -0.05) is 6.58 Å². The molecule has 0 spiro atoms. The van der Waals surface area contributed by atoms with Crippen LogP contribution >= 0.6 is 0 Å². The van der Waals surface area contributed by atoms with Crippen LogP contribution in [0, 0.1) is 0 Å². The van der Waals surface area contributed by atoms with Gasteiger partial charge in [0.1, 0.15) is 5.75 Å². The van der Waals surface area contributed by atoms with Crippen LogP contribution in [0.3, 0.4) is 0 Å². The Bertz CT molecular complexity index is 325. The molecule has 3 heteroatoms. The summed E-state index contributed by atoms with van der Waals surface area (Å²) in [6, 6.07) is 5.82. The summed E-state index contributed by atoms with van der Waals surface area (Å²) >= 11 is 0. The van der Waals surface area contributed by atoms with Crippen LogP contribution in [-0.2, 0) is 4.74 Å². The van der Waals surface area contributed by atoms with Crippen molar-refractivity contribution in [2.45, 2.75) is 6.92 Å². The van der Waals surface area contributed by atoms with Gasteiger partial charge in [-0.25, -0.2) is 4.79 Å². The smallest absolute Gasteiger partial charge is 0.343 e. The van der Waals surface area contributed by atoms with Crippen molar-refractivity contribution in [1.82, 2.24) is 0 Å². The Labute approximate surface area is 76.3 Å². The molecule has 0 aliphatic carbocycles. The number of rotatable bonds is 2. The molecule has 1 aromatic carbocycles. The Morgan fingerprint density at radius 1 is 1.38 bits per heavy atom. The SMILES string of the molecule is C=C(C)OC(=O)c1ccc(O)cc1. The van der Waals surface area contributed by atoms with Gasteiger partial charge in [0.2, 0.25) is 0 Å². The number of ether oxygens (including phenoxy) is 1. The van der Waals surface area contributed by atoms with Gasteiger partial charge in [0.15, 0.2) is 0 Å². The van der Waals surface area contributed by atoms with Gasteiger partial charge >= 0.3 is 5.97 Å². The molecular formula is C10H10O3. The van der Waals surface area contributed by atoms with Crippen molar-refractivity contribution < 1.29 is 14.6 Å². The lowest BCUT2D eigenvalue weighted by atomic mass is 10.2. The lowest BCUT2D eigenvalue weighted by Gasteiger charge is -2.02. The number of hydrogen-bond donors (Lipinski definition) is 1. The Kier molecular flexibility index (Phi) is 2.69. The van der Waals surface area contributed by atoms with E-state index in [9.17, 15) is 4.79 Å². The summed E-state index contributed by atoms with van der Waals surface area (Å²) in [6.07, 6.45) is 0. The second kappa shape index (κ2) is 3.76. The molecule has 0 saturated carbocycles. The summed E-state index contributed by atoms with van der Waals surface area (Å²) in [5, 5.41) is 8.95. The van der Waals surface area contributed by atoms with Crippen LogP contribution in [-0.4, -0.2) is 11.1 Å². The quantitative estimate of drug-likeness (QED) is 0.557. The number of carbonyl (C=O) groups excluding carboxylic acids is 1. The molecule has 13 heavy (non-hydrogen) atoms. The van der Waals surface area contributed by atoms with Crippen molar-refractivity contribution in [2.75, 3.05) is 0 Å². The zero-order valence-corrected chi connectivity index (χ0v) is 7.28. The standard InChI is InChI=1S/C10H10O3/c1-7(2)13-10(12)8-3-5-9(11)6-4-8/h3-6,11H,1H2,2H3. The van der Waals surface area contributed by atoms with Crippen LogP contribution in [0.2, 0.25) is 0 Å². The van der Waals surface area contributed by atoms with E-state index in [2.05, 4.69) is 6.58 Å². The Morgan fingerprint density at radius 3 is 2.38 bits per heavy atom. The van der Waals surface area contributed by atoms with E-state index in [4.69, 9.17) is 9.84 Å². The molecule has 1 aromatic rings. The van der Waals surface area contributed by atoms with E-state index in [0.717, 1.165) is 0 Å². The van der Waals surface area contributed by atoms with E-state index < -0.39 is 5.97 Å². The van der Waals surface area contributed by atoms with E-state index in [1.165, 1.54) is 24.3 Å². The van der Waals surface area contributed by atoms with Gasteiger partial charge in [-0.2, -0.15) is 0 Å². The fourth-order valence-corrected chi connectivity index (χ4v) is 0.815. The molecule has 0 saturated heterocycles. The third kappa shape index (κ3) is 2.63. The number of aromatic hydroxyl groups is 1. The van der Waals surface area contributed by atoms with E-state index >= 15 is 0 Å². The minimum Gasteiger partial charge on any atom is -0.508 e. The predicted molar refractivity (Wildman–Crippen MR) is 48.3 cm³/mol. The summed E-state index contributed by atoms with van der Waals surface area (Å²) < 4.78 is 4.76. The van der Waals surface area contributed by atoms with Crippen molar-refractivity contribution in [2.24, 2.45) is 0 Å². The van der Waals surface area contributed by atoms with Gasteiger partial charge in [0.25, 0.3) is 0 Å². The normalized spacial score (nSPS) is 9.31. The maximum Gasteiger partial charge on any atom is 0.343 e. The summed E-state index contributed by atoms with van der Waals surface area (Å²) in [5.74, 6) is -0.00236. The number of hydrogen-bond acceptors (Lipinski definition) is 3. The number of allylic oxidation sites excluding steroid dienone is 1. The highest BCUT2D eigenvalue weighted by molar-refractivity contribution is 5.90. The third-order valence-electron chi connectivity index (χ3n) is 1.37. The highest BCUT2D eigenvalue weighted by Crippen LogP contribution is 2.11. The number of phenolic OH excluding ortho intramolecular Hbond substituents is 1. The predicted octanol–water partition coefficient (Wildman–Crippen LogP) is 2.08. The second-order valence-electron chi connectivity index (χ2n) is 2.64. The highest BCUT2D eigenvalue weighted by Gasteiger charge is 2.06. The fourth-order valence-electron chi connectivity index (χ4n) is 0.815. The topological polar surface area (TPSA) is 46.5 Å². The molecule has 0 aromatic heterocycles. The van der Waals surface area contributed by atoms with Crippen LogP contribution in [0.4, 0.5) is 0 Å². The van der Waals surface area contributed by atoms with Gasteiger partial charge in [0, 0.05) is 0 Å². The Morgan fingerprint density at radius 2 is 1.92 bits per heavy atom. The Balaban J connectivity index is 2.78. The molecule has 0 unspecified atom stereocenters. The zero-order valence-electron chi connectivity index (χ0n) is 7.28. The lowest BCUT2D eigenvalue weighted by Crippen LogP contribution is -2.02. The van der Waals surface area contributed by atoms with Gasteiger partial charge in [-0.05, 0) is 31.2 Å². The first kappa shape index (κ1) is 9.32. The van der Waals surface area contributed by atoms with Crippen LogP contribution in [0.15, 0.2) is 36.6 Å². The first-order chi connectivity index (χ1) is 6.09. The number of carbonyl (C=O) groups is 1. The lowest BCUT2D eigenvalue weighted by molar-refractivity contribution is 0.0628. The number of phenols is 1. The van der Waals surface area contributed by atoms with E-state index in [1.807, 2.05) is 0 Å². The summed E-state index contributed by atoms with van der Waals surface area (Å²) in [4.78, 5) is 11.2. The van der Waals surface area contributed by atoms with Gasteiger partial charge < -0.3 is 9.84 Å². The molecule has 0 radical (unpaired) electrons. The minimum absolute atomic E-state index is 0.117. The molecule has 0 heterocycles. The van der Waals surface area contributed by atoms with Gasteiger partial charge in [-0.3, -0.25) is 0 Å². The maximum absolute atomic E-state index is 11.2. The zero-order chi connectivity index (χ0) is 9.84. The van der Waals surface area contributed by atoms with Crippen LogP contribution in [0.1, 0.15) is 17.3 Å². The molecule has 1 rings (SSSR count). The summed E-state index contributed by atoms with van der Waals surface area (Å²) in [5.41, 5.74) is 0.390. The average Bonchev–Trinajstić information content (AvgIpc) is 2.04. The fraction of sp³-hybridized carbons (Fsp3) is 0.100. The molecular weight excluding hydrogens is 168 g/mol. The molecule has 3 nitrogen and oxygen atoms in total. The molecule has 0 fully saturated rings. The van der Waals surface area contributed by atoms with E-state index in [-0.39, 0.29) is 5.75 Å². The van der Waals surface area contributed by atoms with Crippen molar-refractivity contribution in [3.63, 3.8) is 0 Å². The Hall–Kier alpha value is -1.77. The molecule has 0 aliphatic heterocycles. The molecule has 0 atom stereocenters. The molecule has 0 bridgehead atoms. The highest BCUT2D eigenvalue weighted by atomic mass is 16.5. The van der Waals surface area contributed by atoms with Gasteiger partial charge in [0.05, 0.1) is 11.3 Å². The molecule has 68 valence electrons. The van der Waals surface area contributed by atoms with Crippen LogP contribution < -0.4 is 0 Å². The monoisotopic (exact) mass is 178 g/mol. The largest absolute Gasteiger partial charge is 0.508 e. The van der Waals surface area contributed by atoms with E-state index in [1.54, 1.807) is 6.92 Å². The van der Waals surface area contributed by atoms with Crippen LogP contribution in [0.5, 0.6) is 5.75 Å². The first-order valence-electron chi connectivity index (χ1n) is 3.76. The third-order valence-corrected chi connectivity index (χ3v) is 1.37. The van der Waals surface area contributed by atoms with Crippen molar-refractivity contribution in [1.29, 1.82) is 0 Å².